The van der Waals surface area contributed by atoms with E-state index in [0.717, 1.165) is 11.3 Å². The number of likely N-dealkylation sites (N-methyl/N-ethyl adjacent to an activating group) is 1. The maximum atomic E-state index is 11.0. The van der Waals surface area contributed by atoms with E-state index in [0.29, 0.717) is 16.6 Å². The van der Waals surface area contributed by atoms with Crippen molar-refractivity contribution >= 4 is 34.9 Å². The van der Waals surface area contributed by atoms with Crippen molar-refractivity contribution in [2.45, 2.75) is 19.5 Å². The fraction of sp³-hybridized carbons (Fsp3) is 0.462. The van der Waals surface area contributed by atoms with Gasteiger partial charge in [-0.3, -0.25) is 9.69 Å². The number of rotatable bonds is 5. The minimum Gasteiger partial charge on any atom is -0.480 e. The van der Waals surface area contributed by atoms with Crippen molar-refractivity contribution in [3.63, 3.8) is 0 Å². The van der Waals surface area contributed by atoms with Crippen molar-refractivity contribution in [3.05, 3.63) is 27.7 Å². The molecule has 0 heterocycles. The summed E-state index contributed by atoms with van der Waals surface area (Å²) in [5.74, 6) is -0.862. The van der Waals surface area contributed by atoms with Crippen molar-refractivity contribution < 1.29 is 9.90 Å². The Morgan fingerprint density at radius 3 is 2.37 bits per heavy atom. The van der Waals surface area contributed by atoms with E-state index in [1.165, 1.54) is 0 Å². The van der Waals surface area contributed by atoms with Crippen molar-refractivity contribution in [1.82, 2.24) is 4.90 Å². The van der Waals surface area contributed by atoms with Crippen LogP contribution in [0.4, 0.5) is 5.69 Å². The van der Waals surface area contributed by atoms with Crippen LogP contribution in [0.5, 0.6) is 0 Å². The van der Waals surface area contributed by atoms with Crippen molar-refractivity contribution in [3.8, 4) is 0 Å². The Morgan fingerprint density at radius 2 is 1.89 bits per heavy atom. The summed E-state index contributed by atoms with van der Waals surface area (Å²) in [6.07, 6.45) is 0. The Labute approximate surface area is 123 Å². The van der Waals surface area contributed by atoms with Crippen LogP contribution in [0.1, 0.15) is 12.5 Å². The van der Waals surface area contributed by atoms with E-state index in [-0.39, 0.29) is 0 Å². The van der Waals surface area contributed by atoms with Crippen LogP contribution in [0, 0.1) is 0 Å². The van der Waals surface area contributed by atoms with Crippen molar-refractivity contribution in [1.29, 1.82) is 0 Å². The molecule has 0 aliphatic carbocycles. The van der Waals surface area contributed by atoms with Gasteiger partial charge in [0.05, 0.1) is 0 Å². The van der Waals surface area contributed by atoms with E-state index in [4.69, 9.17) is 28.3 Å². The molecular formula is C13H18Cl2N2O2. The molecule has 1 rings (SSSR count). The largest absolute Gasteiger partial charge is 0.480 e. The highest BCUT2D eigenvalue weighted by atomic mass is 35.5. The molecule has 19 heavy (non-hydrogen) atoms. The maximum Gasteiger partial charge on any atom is 0.320 e. The highest BCUT2D eigenvalue weighted by Gasteiger charge is 2.20. The van der Waals surface area contributed by atoms with E-state index >= 15 is 0 Å². The SMILES string of the molecule is CC(C(=O)O)N(C)Cc1c(Cl)cc(Cl)cc1N(C)C. The molecule has 1 aromatic rings. The zero-order chi connectivity index (χ0) is 14.7. The topological polar surface area (TPSA) is 43.8 Å². The van der Waals surface area contributed by atoms with E-state index < -0.39 is 12.0 Å². The van der Waals surface area contributed by atoms with Gasteiger partial charge < -0.3 is 10.0 Å². The quantitative estimate of drug-likeness (QED) is 0.908. The molecule has 0 aromatic heterocycles. The Kier molecular flexibility index (Phi) is 5.47. The molecular weight excluding hydrogens is 287 g/mol. The van der Waals surface area contributed by atoms with Gasteiger partial charge in [0.1, 0.15) is 6.04 Å². The molecule has 0 aliphatic rings. The average Bonchev–Trinajstić information content (AvgIpc) is 2.30. The summed E-state index contributed by atoms with van der Waals surface area (Å²) >= 11 is 12.2. The lowest BCUT2D eigenvalue weighted by molar-refractivity contribution is -0.142. The summed E-state index contributed by atoms with van der Waals surface area (Å²) < 4.78 is 0. The predicted molar refractivity (Wildman–Crippen MR) is 79.4 cm³/mol. The van der Waals surface area contributed by atoms with Gasteiger partial charge in [0, 0.05) is 41.9 Å². The van der Waals surface area contributed by atoms with Crippen LogP contribution in [-0.4, -0.2) is 43.2 Å². The standard InChI is InChI=1S/C13H18Cl2N2O2/c1-8(13(18)19)17(4)7-10-11(15)5-9(14)6-12(10)16(2)3/h5-6,8H,7H2,1-4H3,(H,18,19). The molecule has 1 unspecified atom stereocenters. The number of carboxylic acids is 1. The Balaban J connectivity index is 3.10. The minimum atomic E-state index is -0.862. The number of hydrogen-bond donors (Lipinski definition) is 1. The zero-order valence-corrected chi connectivity index (χ0v) is 13.0. The first-order chi connectivity index (χ1) is 8.73. The summed E-state index contributed by atoms with van der Waals surface area (Å²) in [5, 5.41) is 10.1. The smallest absolute Gasteiger partial charge is 0.320 e. The normalized spacial score (nSPS) is 12.6. The summed E-state index contributed by atoms with van der Waals surface area (Å²) in [6, 6.07) is 2.91. The molecule has 0 aliphatic heterocycles. The van der Waals surface area contributed by atoms with Gasteiger partial charge in [-0.2, -0.15) is 0 Å². The summed E-state index contributed by atoms with van der Waals surface area (Å²) in [4.78, 5) is 14.6. The van der Waals surface area contributed by atoms with Gasteiger partial charge in [0.2, 0.25) is 0 Å². The molecule has 1 N–H and O–H groups in total. The van der Waals surface area contributed by atoms with Crippen LogP contribution >= 0.6 is 23.2 Å². The lowest BCUT2D eigenvalue weighted by Gasteiger charge is -2.25. The minimum absolute atomic E-state index is 0.441. The molecule has 0 saturated heterocycles. The van der Waals surface area contributed by atoms with Gasteiger partial charge in [0.15, 0.2) is 0 Å². The summed E-state index contributed by atoms with van der Waals surface area (Å²) in [7, 11) is 5.54. The first kappa shape index (κ1) is 16.1. The van der Waals surface area contributed by atoms with Gasteiger partial charge in [-0.1, -0.05) is 23.2 Å². The lowest BCUT2D eigenvalue weighted by Crippen LogP contribution is -2.35. The molecule has 4 nitrogen and oxygen atoms in total. The molecule has 0 radical (unpaired) electrons. The molecule has 0 bridgehead atoms. The van der Waals surface area contributed by atoms with Gasteiger partial charge in [0.25, 0.3) is 0 Å². The van der Waals surface area contributed by atoms with E-state index in [1.54, 1.807) is 24.9 Å². The van der Waals surface area contributed by atoms with E-state index in [2.05, 4.69) is 0 Å². The number of halogens is 2. The number of aliphatic carboxylic acids is 1. The fourth-order valence-electron chi connectivity index (χ4n) is 1.72. The van der Waals surface area contributed by atoms with Gasteiger partial charge in [-0.15, -0.1) is 0 Å². The average molecular weight is 305 g/mol. The van der Waals surface area contributed by atoms with E-state index in [1.807, 2.05) is 25.1 Å². The molecule has 1 atom stereocenters. The third-order valence-electron chi connectivity index (χ3n) is 3.04. The second-order valence-electron chi connectivity index (χ2n) is 4.71. The fourth-order valence-corrected chi connectivity index (χ4v) is 2.26. The number of benzene rings is 1. The molecule has 0 saturated carbocycles. The summed E-state index contributed by atoms with van der Waals surface area (Å²) in [5.41, 5.74) is 1.76. The number of nitrogens with zero attached hydrogens (tertiary/aromatic N) is 2. The van der Waals surface area contributed by atoms with Crippen LogP contribution in [0.25, 0.3) is 0 Å². The third kappa shape index (κ3) is 4.00. The molecule has 6 heteroatoms. The Hall–Kier alpha value is -0.970. The second-order valence-corrected chi connectivity index (χ2v) is 5.55. The molecule has 106 valence electrons. The first-order valence-corrected chi connectivity index (χ1v) is 6.58. The van der Waals surface area contributed by atoms with Gasteiger partial charge >= 0.3 is 5.97 Å². The highest BCUT2D eigenvalue weighted by Crippen LogP contribution is 2.32. The number of anilines is 1. The molecule has 1 aromatic carbocycles. The first-order valence-electron chi connectivity index (χ1n) is 5.82. The Morgan fingerprint density at radius 1 is 1.32 bits per heavy atom. The highest BCUT2D eigenvalue weighted by molar-refractivity contribution is 6.35. The maximum absolute atomic E-state index is 11.0. The predicted octanol–water partition coefficient (Wildman–Crippen LogP) is 2.96. The number of hydrogen-bond acceptors (Lipinski definition) is 3. The van der Waals surface area contributed by atoms with Crippen molar-refractivity contribution in [2.75, 3.05) is 26.0 Å². The second kappa shape index (κ2) is 6.46. The third-order valence-corrected chi connectivity index (χ3v) is 3.60. The number of carboxylic acid groups (broad SMARTS) is 1. The van der Waals surface area contributed by atoms with Crippen LogP contribution in [0.2, 0.25) is 10.0 Å². The van der Waals surface area contributed by atoms with Crippen LogP contribution in [0.15, 0.2) is 12.1 Å². The van der Waals surface area contributed by atoms with Crippen molar-refractivity contribution in [2.24, 2.45) is 0 Å². The van der Waals surface area contributed by atoms with Gasteiger partial charge in [-0.25, -0.2) is 0 Å². The lowest BCUT2D eigenvalue weighted by atomic mass is 10.1. The number of carbonyl (C=O) groups is 1. The molecule has 0 amide bonds. The van der Waals surface area contributed by atoms with Gasteiger partial charge in [-0.05, 0) is 26.1 Å². The zero-order valence-electron chi connectivity index (χ0n) is 11.4. The van der Waals surface area contributed by atoms with Crippen LogP contribution in [0.3, 0.4) is 0 Å². The summed E-state index contributed by atoms with van der Waals surface area (Å²) in [6.45, 7) is 2.08. The molecule has 0 fully saturated rings. The monoisotopic (exact) mass is 304 g/mol. The van der Waals surface area contributed by atoms with Crippen LogP contribution < -0.4 is 4.90 Å². The molecule has 0 spiro atoms. The Bertz CT molecular complexity index is 478. The van der Waals surface area contributed by atoms with Crippen LogP contribution in [-0.2, 0) is 11.3 Å². The van der Waals surface area contributed by atoms with E-state index in [9.17, 15) is 4.79 Å².